The van der Waals surface area contributed by atoms with E-state index < -0.39 is 0 Å². The molecule has 0 atom stereocenters. The largest absolute Gasteiger partial charge is 0.352 e. The lowest BCUT2D eigenvalue weighted by Crippen LogP contribution is -2.38. The number of nitrogens with one attached hydrogen (secondary N) is 1. The maximum atomic E-state index is 11.6. The van der Waals surface area contributed by atoms with E-state index in [1.807, 2.05) is 0 Å². The van der Waals surface area contributed by atoms with Crippen LogP contribution in [0.3, 0.4) is 0 Å². The molecule has 1 saturated carbocycles. The van der Waals surface area contributed by atoms with E-state index in [9.17, 15) is 9.59 Å². The third-order valence-corrected chi connectivity index (χ3v) is 2.90. The molecule has 1 heterocycles. The third kappa shape index (κ3) is 2.32. The van der Waals surface area contributed by atoms with Crippen molar-refractivity contribution >= 4 is 5.91 Å². The molecule has 0 saturated heterocycles. The number of hydrogen-bond donors (Lipinski definition) is 1. The minimum atomic E-state index is -0.262. The van der Waals surface area contributed by atoms with E-state index in [1.165, 1.54) is 28.4 Å². The van der Waals surface area contributed by atoms with E-state index in [-0.39, 0.29) is 24.2 Å². The second-order valence-electron chi connectivity index (χ2n) is 4.23. The zero-order valence-electron chi connectivity index (χ0n) is 9.35. The topological polar surface area (TPSA) is 68.9 Å². The van der Waals surface area contributed by atoms with Crippen LogP contribution in [0.2, 0.25) is 0 Å². The molecule has 0 spiro atoms. The molecule has 0 aromatic carbocycles. The molecule has 6 nitrogen and oxygen atoms in total. The van der Waals surface area contributed by atoms with Crippen LogP contribution in [0.4, 0.5) is 0 Å². The van der Waals surface area contributed by atoms with Gasteiger partial charge >= 0.3 is 5.69 Å². The zero-order valence-corrected chi connectivity index (χ0v) is 9.35. The normalized spacial score (nSPS) is 16.6. The van der Waals surface area contributed by atoms with Gasteiger partial charge in [0.2, 0.25) is 5.91 Å². The fourth-order valence-electron chi connectivity index (χ4n) is 2.01. The standard InChI is InChI=1S/C10H16N4O2/c1-13-7-11-14(10(13)16)6-9(15)12-8-4-2-3-5-8/h7-8H,2-6H2,1H3,(H,12,15). The summed E-state index contributed by atoms with van der Waals surface area (Å²) >= 11 is 0. The van der Waals surface area contributed by atoms with Crippen molar-refractivity contribution in [1.29, 1.82) is 0 Å². The van der Waals surface area contributed by atoms with Crippen LogP contribution in [0, 0.1) is 0 Å². The first-order valence-electron chi connectivity index (χ1n) is 5.54. The molecule has 1 N–H and O–H groups in total. The van der Waals surface area contributed by atoms with Gasteiger partial charge < -0.3 is 5.32 Å². The van der Waals surface area contributed by atoms with Crippen LogP contribution in [0.25, 0.3) is 0 Å². The third-order valence-electron chi connectivity index (χ3n) is 2.90. The van der Waals surface area contributed by atoms with Crippen molar-refractivity contribution in [2.45, 2.75) is 38.3 Å². The summed E-state index contributed by atoms with van der Waals surface area (Å²) in [6, 6.07) is 0.284. The second kappa shape index (κ2) is 4.51. The number of aromatic nitrogens is 3. The van der Waals surface area contributed by atoms with Crippen molar-refractivity contribution in [1.82, 2.24) is 19.7 Å². The van der Waals surface area contributed by atoms with Gasteiger partial charge in [0, 0.05) is 13.1 Å². The summed E-state index contributed by atoms with van der Waals surface area (Å²) in [5.74, 6) is -0.132. The Hall–Kier alpha value is -1.59. The molecule has 1 aliphatic rings. The summed E-state index contributed by atoms with van der Waals surface area (Å²) in [6.07, 6.45) is 5.85. The van der Waals surface area contributed by atoms with Crippen LogP contribution < -0.4 is 11.0 Å². The zero-order chi connectivity index (χ0) is 11.5. The van der Waals surface area contributed by atoms with Crippen LogP contribution in [0.15, 0.2) is 11.1 Å². The van der Waals surface area contributed by atoms with E-state index in [1.54, 1.807) is 7.05 Å². The Bertz CT molecular complexity index is 428. The second-order valence-corrected chi connectivity index (χ2v) is 4.23. The van der Waals surface area contributed by atoms with E-state index in [0.717, 1.165) is 12.8 Å². The van der Waals surface area contributed by atoms with Gasteiger partial charge in [-0.05, 0) is 12.8 Å². The number of aryl methyl sites for hydroxylation is 1. The summed E-state index contributed by atoms with van der Waals surface area (Å²) in [7, 11) is 1.61. The molecule has 2 rings (SSSR count). The Morgan fingerprint density at radius 2 is 2.25 bits per heavy atom. The fraction of sp³-hybridized carbons (Fsp3) is 0.700. The smallest absolute Gasteiger partial charge is 0.345 e. The molecule has 1 fully saturated rings. The molecule has 1 aliphatic carbocycles. The summed E-state index contributed by atoms with van der Waals surface area (Å²) < 4.78 is 2.52. The van der Waals surface area contributed by atoms with Crippen molar-refractivity contribution in [3.8, 4) is 0 Å². The van der Waals surface area contributed by atoms with E-state index in [2.05, 4.69) is 10.4 Å². The van der Waals surface area contributed by atoms with Crippen LogP contribution in [-0.4, -0.2) is 26.3 Å². The van der Waals surface area contributed by atoms with Gasteiger partial charge in [-0.2, -0.15) is 5.10 Å². The number of rotatable bonds is 3. The first kappa shape index (κ1) is 10.9. The van der Waals surface area contributed by atoms with Crippen molar-refractivity contribution in [3.05, 3.63) is 16.8 Å². The molecule has 1 aromatic heterocycles. The van der Waals surface area contributed by atoms with Gasteiger partial charge in [-0.25, -0.2) is 9.48 Å². The Morgan fingerprint density at radius 1 is 1.56 bits per heavy atom. The Kier molecular flexibility index (Phi) is 3.07. The lowest BCUT2D eigenvalue weighted by atomic mass is 10.2. The van der Waals surface area contributed by atoms with Gasteiger partial charge in [-0.3, -0.25) is 9.36 Å². The van der Waals surface area contributed by atoms with Gasteiger partial charge in [-0.15, -0.1) is 0 Å². The van der Waals surface area contributed by atoms with Crippen molar-refractivity contribution in [3.63, 3.8) is 0 Å². The summed E-state index contributed by atoms with van der Waals surface area (Å²) in [5, 5.41) is 6.75. The van der Waals surface area contributed by atoms with Crippen LogP contribution in [-0.2, 0) is 18.4 Å². The maximum Gasteiger partial charge on any atom is 0.345 e. The van der Waals surface area contributed by atoms with Gasteiger partial charge in [0.05, 0.1) is 0 Å². The lowest BCUT2D eigenvalue weighted by Gasteiger charge is -2.11. The lowest BCUT2D eigenvalue weighted by molar-refractivity contribution is -0.122. The van der Waals surface area contributed by atoms with Gasteiger partial charge in [0.25, 0.3) is 0 Å². The number of nitrogens with zero attached hydrogens (tertiary/aromatic N) is 3. The van der Waals surface area contributed by atoms with Crippen LogP contribution in [0.1, 0.15) is 25.7 Å². The predicted octanol–water partition coefficient (Wildman–Crippen LogP) is -0.359. The van der Waals surface area contributed by atoms with Crippen LogP contribution >= 0.6 is 0 Å². The van der Waals surface area contributed by atoms with Gasteiger partial charge in [0.1, 0.15) is 12.9 Å². The number of carbonyl (C=O) groups is 1. The molecule has 1 aromatic rings. The fourth-order valence-corrected chi connectivity index (χ4v) is 2.01. The molecule has 6 heteroatoms. The average molecular weight is 224 g/mol. The Morgan fingerprint density at radius 3 is 2.81 bits per heavy atom. The van der Waals surface area contributed by atoms with E-state index in [0.29, 0.717) is 0 Å². The first-order valence-corrected chi connectivity index (χ1v) is 5.54. The predicted molar refractivity (Wildman–Crippen MR) is 57.9 cm³/mol. The SMILES string of the molecule is Cn1cnn(CC(=O)NC2CCCC2)c1=O. The molecule has 0 bridgehead atoms. The summed E-state index contributed by atoms with van der Waals surface area (Å²) in [5.41, 5.74) is -0.262. The Balaban J connectivity index is 1.91. The van der Waals surface area contributed by atoms with Crippen molar-refractivity contribution < 1.29 is 4.79 Å². The highest BCUT2D eigenvalue weighted by molar-refractivity contribution is 5.75. The minimum Gasteiger partial charge on any atom is -0.352 e. The highest BCUT2D eigenvalue weighted by Crippen LogP contribution is 2.17. The molecule has 16 heavy (non-hydrogen) atoms. The number of carbonyl (C=O) groups excluding carboxylic acids is 1. The van der Waals surface area contributed by atoms with Gasteiger partial charge in [-0.1, -0.05) is 12.8 Å². The average Bonchev–Trinajstić information content (AvgIpc) is 2.83. The highest BCUT2D eigenvalue weighted by Gasteiger charge is 2.17. The van der Waals surface area contributed by atoms with Gasteiger partial charge in [0.15, 0.2) is 0 Å². The first-order chi connectivity index (χ1) is 7.66. The molecule has 0 radical (unpaired) electrons. The highest BCUT2D eigenvalue weighted by atomic mass is 16.2. The molecular weight excluding hydrogens is 208 g/mol. The molecule has 1 amide bonds. The molecular formula is C10H16N4O2. The van der Waals surface area contributed by atoms with Crippen molar-refractivity contribution in [2.24, 2.45) is 7.05 Å². The number of amides is 1. The van der Waals surface area contributed by atoms with Crippen LogP contribution in [0.5, 0.6) is 0 Å². The van der Waals surface area contributed by atoms with E-state index in [4.69, 9.17) is 0 Å². The molecule has 0 aliphatic heterocycles. The molecule has 88 valence electrons. The Labute approximate surface area is 93.3 Å². The minimum absolute atomic E-state index is 0.0101. The summed E-state index contributed by atoms with van der Waals surface area (Å²) in [4.78, 5) is 23.0. The quantitative estimate of drug-likeness (QED) is 0.762. The summed E-state index contributed by atoms with van der Waals surface area (Å²) in [6.45, 7) is 0.0101. The molecule has 0 unspecified atom stereocenters. The number of hydrogen-bond acceptors (Lipinski definition) is 3. The monoisotopic (exact) mass is 224 g/mol. The maximum absolute atomic E-state index is 11.6. The van der Waals surface area contributed by atoms with Crippen molar-refractivity contribution in [2.75, 3.05) is 0 Å². The van der Waals surface area contributed by atoms with E-state index >= 15 is 0 Å².